The number of ether oxygens (including phenoxy) is 1. The average molecular weight is 381 g/mol. The molecule has 0 aromatic heterocycles. The van der Waals surface area contributed by atoms with E-state index in [2.05, 4.69) is 11.9 Å². The van der Waals surface area contributed by atoms with Crippen molar-refractivity contribution in [2.45, 2.75) is 50.0 Å². The third-order valence-corrected chi connectivity index (χ3v) is 6.30. The van der Waals surface area contributed by atoms with Crippen LogP contribution in [-0.2, 0) is 19.6 Å². The molecule has 1 amide bonds. The molecule has 0 spiro atoms. The van der Waals surface area contributed by atoms with Gasteiger partial charge in [0.25, 0.3) is 5.91 Å². The van der Waals surface area contributed by atoms with Crippen LogP contribution >= 0.6 is 0 Å². The van der Waals surface area contributed by atoms with Crippen molar-refractivity contribution in [3.8, 4) is 0 Å². The Morgan fingerprint density at radius 1 is 1.23 bits per heavy atom. The highest BCUT2D eigenvalue weighted by molar-refractivity contribution is 7.89. The molecule has 144 valence electrons. The van der Waals surface area contributed by atoms with E-state index < -0.39 is 16.1 Å². The zero-order chi connectivity index (χ0) is 19.0. The topological polar surface area (TPSA) is 75.7 Å². The van der Waals surface area contributed by atoms with Gasteiger partial charge in [-0.05, 0) is 50.5 Å². The van der Waals surface area contributed by atoms with Gasteiger partial charge in [0.05, 0.1) is 11.5 Å². The van der Waals surface area contributed by atoms with Crippen LogP contribution in [-0.4, -0.2) is 44.4 Å². The standard InChI is InChI=1S/C19H28N2O4S/c1-3-4-15-25-16(2)19(22)20-17-9-11-18(12-10-17)26(23,24)21-13-7-5-6-8-14-21/h3,9-12,16H,1,4-8,13-15H2,2H3,(H,20,22). The van der Waals surface area contributed by atoms with Crippen LogP contribution in [0.2, 0.25) is 0 Å². The largest absolute Gasteiger partial charge is 0.368 e. The molecule has 2 rings (SSSR count). The zero-order valence-electron chi connectivity index (χ0n) is 15.3. The lowest BCUT2D eigenvalue weighted by atomic mass is 10.2. The molecule has 1 N–H and O–H groups in total. The van der Waals surface area contributed by atoms with Gasteiger partial charge >= 0.3 is 0 Å². The van der Waals surface area contributed by atoms with E-state index in [0.29, 0.717) is 31.8 Å². The van der Waals surface area contributed by atoms with Crippen LogP contribution in [0.5, 0.6) is 0 Å². The van der Waals surface area contributed by atoms with Crippen molar-refractivity contribution in [1.29, 1.82) is 0 Å². The van der Waals surface area contributed by atoms with Crippen LogP contribution < -0.4 is 5.32 Å². The van der Waals surface area contributed by atoms with Gasteiger partial charge in [-0.3, -0.25) is 4.79 Å². The lowest BCUT2D eigenvalue weighted by Crippen LogP contribution is -2.32. The molecule has 1 aromatic carbocycles. The van der Waals surface area contributed by atoms with Crippen molar-refractivity contribution < 1.29 is 17.9 Å². The van der Waals surface area contributed by atoms with Crippen molar-refractivity contribution in [3.63, 3.8) is 0 Å². The summed E-state index contributed by atoms with van der Waals surface area (Å²) in [5, 5.41) is 2.74. The summed E-state index contributed by atoms with van der Waals surface area (Å²) in [6.45, 7) is 6.86. The molecule has 26 heavy (non-hydrogen) atoms. The minimum atomic E-state index is -3.48. The Labute approximate surface area is 156 Å². The minimum Gasteiger partial charge on any atom is -0.368 e. The first kappa shape index (κ1) is 20.6. The smallest absolute Gasteiger partial charge is 0.253 e. The number of nitrogens with zero attached hydrogens (tertiary/aromatic N) is 1. The van der Waals surface area contributed by atoms with E-state index in [1.165, 1.54) is 0 Å². The van der Waals surface area contributed by atoms with Crippen molar-refractivity contribution in [2.24, 2.45) is 0 Å². The lowest BCUT2D eigenvalue weighted by Gasteiger charge is -2.20. The predicted octanol–water partition coefficient (Wildman–Crippen LogP) is 3.17. The number of hydrogen-bond acceptors (Lipinski definition) is 4. The summed E-state index contributed by atoms with van der Waals surface area (Å²) in [4.78, 5) is 12.3. The van der Waals surface area contributed by atoms with Crippen LogP contribution in [0.4, 0.5) is 5.69 Å². The zero-order valence-corrected chi connectivity index (χ0v) is 16.1. The number of hydrogen-bond donors (Lipinski definition) is 1. The molecular weight excluding hydrogens is 352 g/mol. The summed E-state index contributed by atoms with van der Waals surface area (Å²) in [6.07, 6.45) is 5.77. The third kappa shape index (κ3) is 5.65. The normalized spacial score (nSPS) is 17.3. The van der Waals surface area contributed by atoms with Gasteiger partial charge in [0.1, 0.15) is 6.10 Å². The summed E-state index contributed by atoms with van der Waals surface area (Å²) in [5.41, 5.74) is 0.545. The van der Waals surface area contributed by atoms with Crippen molar-refractivity contribution in [3.05, 3.63) is 36.9 Å². The lowest BCUT2D eigenvalue weighted by molar-refractivity contribution is -0.126. The molecule has 6 nitrogen and oxygen atoms in total. The van der Waals surface area contributed by atoms with Crippen LogP contribution in [0, 0.1) is 0 Å². The maximum Gasteiger partial charge on any atom is 0.253 e. The first-order chi connectivity index (χ1) is 12.4. The Hall–Kier alpha value is -1.70. The highest BCUT2D eigenvalue weighted by Gasteiger charge is 2.25. The Morgan fingerprint density at radius 3 is 2.42 bits per heavy atom. The first-order valence-corrected chi connectivity index (χ1v) is 10.5. The number of nitrogens with one attached hydrogen (secondary N) is 1. The molecule has 0 aliphatic carbocycles. The van der Waals surface area contributed by atoms with E-state index >= 15 is 0 Å². The van der Waals surface area contributed by atoms with E-state index in [1.54, 1.807) is 41.6 Å². The highest BCUT2D eigenvalue weighted by Crippen LogP contribution is 2.22. The van der Waals surface area contributed by atoms with Gasteiger partial charge in [0, 0.05) is 18.8 Å². The van der Waals surface area contributed by atoms with Gasteiger partial charge in [0.2, 0.25) is 10.0 Å². The van der Waals surface area contributed by atoms with E-state index in [1.807, 2.05) is 0 Å². The highest BCUT2D eigenvalue weighted by atomic mass is 32.2. The molecule has 1 unspecified atom stereocenters. The molecular formula is C19H28N2O4S. The number of sulfonamides is 1. The molecule has 1 fully saturated rings. The fourth-order valence-electron chi connectivity index (χ4n) is 2.79. The molecule has 0 saturated carbocycles. The van der Waals surface area contributed by atoms with E-state index in [9.17, 15) is 13.2 Å². The molecule has 0 bridgehead atoms. The number of carbonyl (C=O) groups is 1. The van der Waals surface area contributed by atoms with Crippen molar-refractivity contribution in [1.82, 2.24) is 4.31 Å². The van der Waals surface area contributed by atoms with Gasteiger partial charge in [0.15, 0.2) is 0 Å². The predicted molar refractivity (Wildman–Crippen MR) is 103 cm³/mol. The molecule has 1 saturated heterocycles. The second-order valence-electron chi connectivity index (χ2n) is 6.42. The van der Waals surface area contributed by atoms with Crippen LogP contribution in [0.1, 0.15) is 39.0 Å². The molecule has 0 radical (unpaired) electrons. The van der Waals surface area contributed by atoms with Crippen LogP contribution in [0.15, 0.2) is 41.8 Å². The summed E-state index contributed by atoms with van der Waals surface area (Å²) in [7, 11) is -3.48. The molecule has 1 aromatic rings. The number of rotatable bonds is 8. The van der Waals surface area contributed by atoms with Crippen LogP contribution in [0.25, 0.3) is 0 Å². The van der Waals surface area contributed by atoms with E-state index in [0.717, 1.165) is 25.7 Å². The number of benzene rings is 1. The second kappa shape index (κ2) is 9.85. The minimum absolute atomic E-state index is 0.257. The summed E-state index contributed by atoms with van der Waals surface area (Å²) in [5.74, 6) is -0.266. The monoisotopic (exact) mass is 380 g/mol. The summed E-state index contributed by atoms with van der Waals surface area (Å²) >= 11 is 0. The number of anilines is 1. The Morgan fingerprint density at radius 2 is 1.85 bits per heavy atom. The average Bonchev–Trinajstić information content (AvgIpc) is 2.92. The van der Waals surface area contributed by atoms with Gasteiger partial charge in [-0.1, -0.05) is 18.9 Å². The van der Waals surface area contributed by atoms with E-state index in [-0.39, 0.29) is 10.8 Å². The Kier molecular flexibility index (Phi) is 7.81. The molecule has 1 aliphatic heterocycles. The van der Waals surface area contributed by atoms with E-state index in [4.69, 9.17) is 4.74 Å². The molecule has 7 heteroatoms. The molecule has 1 atom stereocenters. The van der Waals surface area contributed by atoms with Crippen molar-refractivity contribution >= 4 is 21.6 Å². The van der Waals surface area contributed by atoms with Gasteiger partial charge in [-0.15, -0.1) is 6.58 Å². The van der Waals surface area contributed by atoms with Crippen molar-refractivity contribution in [2.75, 3.05) is 25.0 Å². The molecule has 1 aliphatic rings. The fraction of sp³-hybridized carbons (Fsp3) is 0.526. The molecule has 1 heterocycles. The second-order valence-corrected chi connectivity index (χ2v) is 8.36. The third-order valence-electron chi connectivity index (χ3n) is 4.38. The van der Waals surface area contributed by atoms with Gasteiger partial charge < -0.3 is 10.1 Å². The first-order valence-electron chi connectivity index (χ1n) is 9.08. The Bertz CT molecular complexity index is 693. The summed E-state index contributed by atoms with van der Waals surface area (Å²) < 4.78 is 32.4. The maximum absolute atomic E-state index is 12.7. The number of amides is 1. The van der Waals surface area contributed by atoms with Gasteiger partial charge in [-0.25, -0.2) is 8.42 Å². The van der Waals surface area contributed by atoms with Gasteiger partial charge in [-0.2, -0.15) is 4.31 Å². The fourth-order valence-corrected chi connectivity index (χ4v) is 4.31. The summed E-state index contributed by atoms with van der Waals surface area (Å²) in [6, 6.07) is 6.30. The van der Waals surface area contributed by atoms with Crippen LogP contribution in [0.3, 0.4) is 0 Å². The Balaban J connectivity index is 1.98. The quantitative estimate of drug-likeness (QED) is 0.555. The SMILES string of the molecule is C=CCCOC(C)C(=O)Nc1ccc(S(=O)(=O)N2CCCCCC2)cc1. The maximum atomic E-state index is 12.7. The number of carbonyl (C=O) groups excluding carboxylic acids is 1.